The standard InChI is InChI=1S/C28H33N3O4/c1-17(29-3)27(33)30-24-13-10-19-7-5-6-8-25(19)31(28(24)34)16-23-22-12-9-20(18(2)32)15-21(22)11-14-26(23)35-4/h5-9,11-12,14-15,17-18,24,29,32H,10,13,16H2,1-4H3,(H,30,33)/t17?,18-,24-/m0/s1. The van der Waals surface area contributed by atoms with Crippen molar-refractivity contribution in [2.75, 3.05) is 19.1 Å². The van der Waals surface area contributed by atoms with Crippen molar-refractivity contribution in [3.63, 3.8) is 0 Å². The molecule has 3 aromatic carbocycles. The van der Waals surface area contributed by atoms with E-state index in [0.717, 1.165) is 33.2 Å². The van der Waals surface area contributed by atoms with Crippen LogP contribution in [0.3, 0.4) is 0 Å². The number of aliphatic hydroxyl groups excluding tert-OH is 1. The first kappa shape index (κ1) is 24.7. The minimum absolute atomic E-state index is 0.147. The monoisotopic (exact) mass is 475 g/mol. The molecule has 1 unspecified atom stereocenters. The average molecular weight is 476 g/mol. The predicted molar refractivity (Wildman–Crippen MR) is 138 cm³/mol. The second-order valence-corrected chi connectivity index (χ2v) is 9.07. The maximum Gasteiger partial charge on any atom is 0.249 e. The Morgan fingerprint density at radius 2 is 1.94 bits per heavy atom. The van der Waals surface area contributed by atoms with E-state index in [-0.39, 0.29) is 11.8 Å². The highest BCUT2D eigenvalue weighted by molar-refractivity contribution is 6.01. The number of aryl methyl sites for hydroxylation is 1. The number of benzene rings is 3. The quantitative estimate of drug-likeness (QED) is 0.487. The molecule has 3 atom stereocenters. The molecule has 3 aromatic rings. The highest BCUT2D eigenvalue weighted by atomic mass is 16.5. The van der Waals surface area contributed by atoms with E-state index >= 15 is 0 Å². The van der Waals surface area contributed by atoms with E-state index in [9.17, 15) is 14.7 Å². The first-order valence-corrected chi connectivity index (χ1v) is 12.0. The van der Waals surface area contributed by atoms with Crippen molar-refractivity contribution in [2.45, 2.75) is 51.4 Å². The molecule has 3 N–H and O–H groups in total. The van der Waals surface area contributed by atoms with Crippen LogP contribution in [0.25, 0.3) is 10.8 Å². The minimum Gasteiger partial charge on any atom is -0.496 e. The zero-order valence-corrected chi connectivity index (χ0v) is 20.7. The predicted octanol–water partition coefficient (Wildman–Crippen LogP) is 3.47. The number of aliphatic hydroxyl groups is 1. The molecule has 2 amide bonds. The van der Waals surface area contributed by atoms with Crippen LogP contribution in [-0.2, 0) is 22.6 Å². The smallest absolute Gasteiger partial charge is 0.249 e. The molecule has 1 aliphatic rings. The third kappa shape index (κ3) is 5.01. The second-order valence-electron chi connectivity index (χ2n) is 9.07. The van der Waals surface area contributed by atoms with Crippen LogP contribution < -0.4 is 20.3 Å². The van der Waals surface area contributed by atoms with Gasteiger partial charge >= 0.3 is 0 Å². The Bertz CT molecular complexity index is 1240. The largest absolute Gasteiger partial charge is 0.496 e. The van der Waals surface area contributed by atoms with Gasteiger partial charge < -0.3 is 25.4 Å². The Kier molecular flexibility index (Phi) is 7.38. The van der Waals surface area contributed by atoms with Gasteiger partial charge in [0.05, 0.1) is 25.8 Å². The summed E-state index contributed by atoms with van der Waals surface area (Å²) in [5, 5.41) is 17.8. The maximum atomic E-state index is 13.9. The van der Waals surface area contributed by atoms with E-state index < -0.39 is 18.2 Å². The van der Waals surface area contributed by atoms with Crippen LogP contribution >= 0.6 is 0 Å². The van der Waals surface area contributed by atoms with Gasteiger partial charge in [-0.25, -0.2) is 0 Å². The molecule has 0 bridgehead atoms. The summed E-state index contributed by atoms with van der Waals surface area (Å²) in [5.41, 5.74) is 3.61. The van der Waals surface area contributed by atoms with Gasteiger partial charge in [0.2, 0.25) is 11.8 Å². The lowest BCUT2D eigenvalue weighted by molar-refractivity contribution is -0.128. The van der Waals surface area contributed by atoms with Gasteiger partial charge in [0, 0.05) is 11.3 Å². The lowest BCUT2D eigenvalue weighted by Gasteiger charge is -2.28. The van der Waals surface area contributed by atoms with E-state index in [2.05, 4.69) is 10.6 Å². The summed E-state index contributed by atoms with van der Waals surface area (Å²) in [6.07, 6.45) is 0.633. The third-order valence-electron chi connectivity index (χ3n) is 6.82. The van der Waals surface area contributed by atoms with E-state index in [1.165, 1.54) is 0 Å². The molecule has 0 radical (unpaired) electrons. The summed E-state index contributed by atoms with van der Waals surface area (Å²) < 4.78 is 5.70. The summed E-state index contributed by atoms with van der Waals surface area (Å²) in [6.45, 7) is 3.80. The van der Waals surface area contributed by atoms with Gasteiger partial charge in [-0.2, -0.15) is 0 Å². The van der Waals surface area contributed by atoms with Crippen molar-refractivity contribution in [3.8, 4) is 5.75 Å². The van der Waals surface area contributed by atoms with Gasteiger partial charge in [-0.05, 0) is 73.8 Å². The Balaban J connectivity index is 1.77. The molecule has 4 rings (SSSR count). The number of carbonyl (C=O) groups is 2. The fourth-order valence-corrected chi connectivity index (χ4v) is 4.61. The number of likely N-dealkylation sites (N-methyl/N-ethyl adjacent to an activating group) is 1. The van der Waals surface area contributed by atoms with Crippen molar-refractivity contribution in [3.05, 3.63) is 71.3 Å². The second kappa shape index (κ2) is 10.5. The molecular formula is C28H33N3O4. The average Bonchev–Trinajstić information content (AvgIpc) is 3.00. The number of methoxy groups -OCH3 is 1. The Hall–Kier alpha value is -3.42. The fraction of sp³-hybridized carbons (Fsp3) is 0.357. The fourth-order valence-electron chi connectivity index (χ4n) is 4.61. The summed E-state index contributed by atoms with van der Waals surface area (Å²) in [6, 6.07) is 16.5. The van der Waals surface area contributed by atoms with E-state index in [1.807, 2.05) is 54.6 Å². The summed E-state index contributed by atoms with van der Waals surface area (Å²) in [4.78, 5) is 28.2. The molecule has 0 aromatic heterocycles. The van der Waals surface area contributed by atoms with Crippen LogP contribution in [0, 0.1) is 0 Å². The Labute approximate surface area is 206 Å². The zero-order valence-electron chi connectivity index (χ0n) is 20.7. The molecule has 0 saturated heterocycles. The van der Waals surface area contributed by atoms with Gasteiger partial charge in [0.15, 0.2) is 0 Å². The SMILES string of the molecule is CNC(C)C(=O)N[C@H]1CCc2ccccc2N(Cc2c(OC)ccc3cc([C@H](C)O)ccc23)C1=O. The van der Waals surface area contributed by atoms with Crippen LogP contribution in [-0.4, -0.2) is 43.2 Å². The molecule has 0 spiro atoms. The molecule has 184 valence electrons. The molecule has 7 nitrogen and oxygen atoms in total. The lowest BCUT2D eigenvalue weighted by Crippen LogP contribution is -2.52. The summed E-state index contributed by atoms with van der Waals surface area (Å²) in [7, 11) is 3.34. The van der Waals surface area contributed by atoms with Crippen molar-refractivity contribution in [1.82, 2.24) is 10.6 Å². The number of anilines is 1. The van der Waals surface area contributed by atoms with Gasteiger partial charge in [-0.1, -0.05) is 36.4 Å². The van der Waals surface area contributed by atoms with Crippen molar-refractivity contribution in [2.24, 2.45) is 0 Å². The van der Waals surface area contributed by atoms with Crippen molar-refractivity contribution in [1.29, 1.82) is 0 Å². The molecule has 1 aliphatic heterocycles. The topological polar surface area (TPSA) is 90.9 Å². The van der Waals surface area contributed by atoms with Gasteiger partial charge in [-0.15, -0.1) is 0 Å². The Morgan fingerprint density at radius 3 is 2.66 bits per heavy atom. The number of nitrogens with zero attached hydrogens (tertiary/aromatic N) is 1. The van der Waals surface area contributed by atoms with E-state index in [4.69, 9.17) is 4.74 Å². The molecular weight excluding hydrogens is 442 g/mol. The van der Waals surface area contributed by atoms with E-state index in [1.54, 1.807) is 32.9 Å². The number of hydrogen-bond donors (Lipinski definition) is 3. The van der Waals surface area contributed by atoms with E-state index in [0.29, 0.717) is 25.1 Å². The molecule has 7 heteroatoms. The van der Waals surface area contributed by atoms with Crippen LogP contribution in [0.5, 0.6) is 5.75 Å². The van der Waals surface area contributed by atoms with Crippen LogP contribution in [0.1, 0.15) is 43.1 Å². The molecule has 0 fully saturated rings. The Morgan fingerprint density at radius 1 is 1.17 bits per heavy atom. The first-order valence-electron chi connectivity index (χ1n) is 12.0. The third-order valence-corrected chi connectivity index (χ3v) is 6.82. The lowest BCUT2D eigenvalue weighted by atomic mass is 9.98. The number of para-hydroxylation sites is 1. The normalized spacial score (nSPS) is 17.5. The van der Waals surface area contributed by atoms with Gasteiger partial charge in [-0.3, -0.25) is 9.59 Å². The minimum atomic E-state index is -0.631. The van der Waals surface area contributed by atoms with Crippen molar-refractivity contribution >= 4 is 28.3 Å². The summed E-state index contributed by atoms with van der Waals surface area (Å²) in [5.74, 6) is 0.331. The number of carbonyl (C=O) groups excluding carboxylic acids is 2. The number of nitrogens with one attached hydrogen (secondary N) is 2. The van der Waals surface area contributed by atoms with Gasteiger partial charge in [0.1, 0.15) is 11.8 Å². The van der Waals surface area contributed by atoms with Crippen LogP contribution in [0.15, 0.2) is 54.6 Å². The number of hydrogen-bond acceptors (Lipinski definition) is 5. The zero-order chi connectivity index (χ0) is 25.1. The van der Waals surface area contributed by atoms with Gasteiger partial charge in [0.25, 0.3) is 0 Å². The number of ether oxygens (including phenoxy) is 1. The van der Waals surface area contributed by atoms with Crippen LogP contribution in [0.2, 0.25) is 0 Å². The molecule has 0 saturated carbocycles. The van der Waals surface area contributed by atoms with Crippen LogP contribution in [0.4, 0.5) is 5.69 Å². The molecule has 0 aliphatic carbocycles. The van der Waals surface area contributed by atoms with Crippen molar-refractivity contribution < 1.29 is 19.4 Å². The number of amides is 2. The highest BCUT2D eigenvalue weighted by Crippen LogP contribution is 2.35. The highest BCUT2D eigenvalue weighted by Gasteiger charge is 2.33. The number of fused-ring (bicyclic) bond motifs is 2. The number of rotatable bonds is 7. The first-order chi connectivity index (χ1) is 16.8. The molecule has 35 heavy (non-hydrogen) atoms. The summed E-state index contributed by atoms with van der Waals surface area (Å²) >= 11 is 0. The molecule has 1 heterocycles. The maximum absolute atomic E-state index is 13.9.